The van der Waals surface area contributed by atoms with Gasteiger partial charge in [0.2, 0.25) is 5.91 Å². The molecule has 2 aliphatic rings. The SMILES string of the molecule is O=C([C@@H]1CCCN1)N1CC(O)(C(F)(F)F)C1. The van der Waals surface area contributed by atoms with Crippen molar-refractivity contribution in [1.29, 1.82) is 0 Å². The van der Waals surface area contributed by atoms with Crippen LogP contribution in [0.15, 0.2) is 0 Å². The number of aliphatic hydroxyl groups is 1. The van der Waals surface area contributed by atoms with Crippen molar-refractivity contribution in [2.45, 2.75) is 30.7 Å². The van der Waals surface area contributed by atoms with E-state index in [4.69, 9.17) is 5.11 Å². The van der Waals surface area contributed by atoms with Gasteiger partial charge in [-0.2, -0.15) is 13.2 Å². The highest BCUT2D eigenvalue weighted by molar-refractivity contribution is 5.83. The van der Waals surface area contributed by atoms with Crippen LogP contribution >= 0.6 is 0 Å². The third-order valence-corrected chi connectivity index (χ3v) is 3.10. The second-order valence-electron chi connectivity index (χ2n) is 4.37. The largest absolute Gasteiger partial charge is 0.420 e. The summed E-state index contributed by atoms with van der Waals surface area (Å²) < 4.78 is 36.9. The molecular formula is C9H13F3N2O2. The van der Waals surface area contributed by atoms with E-state index in [1.54, 1.807) is 0 Å². The lowest BCUT2D eigenvalue weighted by Crippen LogP contribution is -2.71. The number of amides is 1. The van der Waals surface area contributed by atoms with Crippen LogP contribution in [0.3, 0.4) is 0 Å². The summed E-state index contributed by atoms with van der Waals surface area (Å²) >= 11 is 0. The fourth-order valence-corrected chi connectivity index (χ4v) is 2.04. The highest BCUT2D eigenvalue weighted by Gasteiger charge is 2.62. The lowest BCUT2D eigenvalue weighted by Gasteiger charge is -2.47. The summed E-state index contributed by atoms with van der Waals surface area (Å²) in [5.41, 5.74) is -2.71. The molecule has 0 spiro atoms. The molecule has 0 aromatic carbocycles. The second kappa shape index (κ2) is 3.59. The van der Waals surface area contributed by atoms with Crippen molar-refractivity contribution < 1.29 is 23.1 Å². The normalized spacial score (nSPS) is 29.0. The molecule has 16 heavy (non-hydrogen) atoms. The first-order valence-electron chi connectivity index (χ1n) is 5.15. The van der Waals surface area contributed by atoms with E-state index in [0.717, 1.165) is 11.3 Å². The van der Waals surface area contributed by atoms with Gasteiger partial charge in [0.1, 0.15) is 0 Å². The van der Waals surface area contributed by atoms with Crippen LogP contribution in [0, 0.1) is 0 Å². The Morgan fingerprint density at radius 1 is 1.44 bits per heavy atom. The van der Waals surface area contributed by atoms with E-state index in [2.05, 4.69) is 5.32 Å². The predicted molar refractivity (Wildman–Crippen MR) is 48.6 cm³/mol. The molecule has 2 N–H and O–H groups in total. The fraction of sp³-hybridized carbons (Fsp3) is 0.889. The molecule has 2 heterocycles. The standard InChI is InChI=1S/C9H13F3N2O2/c10-9(11,12)8(16)4-14(5-8)7(15)6-2-1-3-13-6/h6,13,16H,1-5H2/t6-/m0/s1. The molecule has 0 aliphatic carbocycles. The minimum atomic E-state index is -4.66. The van der Waals surface area contributed by atoms with E-state index in [1.165, 1.54) is 0 Å². The summed E-state index contributed by atoms with van der Waals surface area (Å²) in [6, 6.07) is -0.377. The zero-order valence-electron chi connectivity index (χ0n) is 8.55. The van der Waals surface area contributed by atoms with E-state index in [0.29, 0.717) is 13.0 Å². The van der Waals surface area contributed by atoms with E-state index < -0.39 is 24.9 Å². The van der Waals surface area contributed by atoms with Gasteiger partial charge in [-0.15, -0.1) is 0 Å². The highest BCUT2D eigenvalue weighted by Crippen LogP contribution is 2.38. The molecule has 0 radical (unpaired) electrons. The van der Waals surface area contributed by atoms with Gasteiger partial charge in [-0.05, 0) is 19.4 Å². The van der Waals surface area contributed by atoms with Gasteiger partial charge >= 0.3 is 6.18 Å². The number of likely N-dealkylation sites (tertiary alicyclic amines) is 1. The summed E-state index contributed by atoms with van der Waals surface area (Å²) in [4.78, 5) is 12.7. The van der Waals surface area contributed by atoms with Gasteiger partial charge in [0.05, 0.1) is 19.1 Å². The van der Waals surface area contributed by atoms with Crippen molar-refractivity contribution in [3.63, 3.8) is 0 Å². The minimum Gasteiger partial charge on any atom is -0.378 e. The number of halogens is 3. The van der Waals surface area contributed by atoms with Gasteiger partial charge in [0, 0.05) is 0 Å². The van der Waals surface area contributed by atoms with Crippen molar-refractivity contribution in [1.82, 2.24) is 10.2 Å². The van der Waals surface area contributed by atoms with Crippen LogP contribution < -0.4 is 5.32 Å². The topological polar surface area (TPSA) is 52.6 Å². The zero-order valence-corrected chi connectivity index (χ0v) is 8.55. The maximum absolute atomic E-state index is 12.3. The Labute approximate surface area is 90.4 Å². The highest BCUT2D eigenvalue weighted by atomic mass is 19.4. The van der Waals surface area contributed by atoms with Crippen LogP contribution in [-0.2, 0) is 4.79 Å². The van der Waals surface area contributed by atoms with Gasteiger partial charge < -0.3 is 15.3 Å². The van der Waals surface area contributed by atoms with Gasteiger partial charge in [0.25, 0.3) is 0 Å². The van der Waals surface area contributed by atoms with Crippen LogP contribution in [0.1, 0.15) is 12.8 Å². The number of carbonyl (C=O) groups excluding carboxylic acids is 1. The Hall–Kier alpha value is -0.820. The maximum atomic E-state index is 12.3. The van der Waals surface area contributed by atoms with Gasteiger partial charge in [-0.25, -0.2) is 0 Å². The summed E-state index contributed by atoms with van der Waals surface area (Å²) in [6.45, 7) is -0.575. The molecule has 2 aliphatic heterocycles. The maximum Gasteiger partial charge on any atom is 0.420 e. The van der Waals surface area contributed by atoms with Crippen LogP contribution in [0.5, 0.6) is 0 Å². The molecule has 0 aromatic rings. The fourth-order valence-electron chi connectivity index (χ4n) is 2.04. The van der Waals surface area contributed by atoms with Gasteiger partial charge in [-0.1, -0.05) is 0 Å². The van der Waals surface area contributed by atoms with Crippen LogP contribution in [-0.4, -0.2) is 53.4 Å². The molecular weight excluding hydrogens is 225 g/mol. The second-order valence-corrected chi connectivity index (χ2v) is 4.37. The van der Waals surface area contributed by atoms with Gasteiger partial charge in [-0.3, -0.25) is 4.79 Å². The van der Waals surface area contributed by atoms with E-state index in [1.807, 2.05) is 0 Å². The van der Waals surface area contributed by atoms with Crippen LogP contribution in [0.2, 0.25) is 0 Å². The molecule has 7 heteroatoms. The molecule has 0 unspecified atom stereocenters. The predicted octanol–water partition coefficient (Wildman–Crippen LogP) is -0.126. The number of rotatable bonds is 1. The van der Waals surface area contributed by atoms with E-state index >= 15 is 0 Å². The molecule has 2 fully saturated rings. The first kappa shape index (κ1) is 11.7. The van der Waals surface area contributed by atoms with Crippen molar-refractivity contribution in [2.24, 2.45) is 0 Å². The molecule has 1 atom stereocenters. The number of nitrogens with one attached hydrogen (secondary N) is 1. The molecule has 4 nitrogen and oxygen atoms in total. The average molecular weight is 238 g/mol. The zero-order chi connectivity index (χ0) is 12.0. The van der Waals surface area contributed by atoms with E-state index in [-0.39, 0.29) is 11.9 Å². The third kappa shape index (κ3) is 1.78. The Morgan fingerprint density at radius 3 is 2.50 bits per heavy atom. The number of β-amino-alcohol motifs (C(OH)–C–C–N with tert-alkyl or cyclic N) is 1. The smallest absolute Gasteiger partial charge is 0.378 e. The average Bonchev–Trinajstić information content (AvgIpc) is 2.62. The first-order chi connectivity index (χ1) is 7.33. The molecule has 0 aromatic heterocycles. The quantitative estimate of drug-likeness (QED) is 0.669. The molecule has 92 valence electrons. The Bertz CT molecular complexity index is 294. The summed E-state index contributed by atoms with van der Waals surface area (Å²) in [7, 11) is 0. The lowest BCUT2D eigenvalue weighted by atomic mass is 9.92. The number of alkyl halides is 3. The monoisotopic (exact) mass is 238 g/mol. The Balaban J connectivity index is 1.90. The Morgan fingerprint density at radius 2 is 2.06 bits per heavy atom. The first-order valence-corrected chi connectivity index (χ1v) is 5.15. The summed E-state index contributed by atoms with van der Waals surface area (Å²) in [5, 5.41) is 12.1. The molecule has 2 rings (SSSR count). The number of nitrogens with zero attached hydrogens (tertiary/aromatic N) is 1. The number of carbonyl (C=O) groups is 1. The Kier molecular flexibility index (Phi) is 2.62. The van der Waals surface area contributed by atoms with Crippen molar-refractivity contribution >= 4 is 5.91 Å². The summed E-state index contributed by atoms with van der Waals surface area (Å²) in [6.07, 6.45) is -3.15. The number of hydrogen-bond donors (Lipinski definition) is 2. The third-order valence-electron chi connectivity index (χ3n) is 3.10. The minimum absolute atomic E-state index is 0.341. The molecule has 0 bridgehead atoms. The number of hydrogen-bond acceptors (Lipinski definition) is 3. The van der Waals surface area contributed by atoms with Crippen LogP contribution in [0.4, 0.5) is 13.2 Å². The summed E-state index contributed by atoms with van der Waals surface area (Å²) in [5.74, 6) is -0.341. The van der Waals surface area contributed by atoms with E-state index in [9.17, 15) is 18.0 Å². The van der Waals surface area contributed by atoms with Crippen molar-refractivity contribution in [3.05, 3.63) is 0 Å². The molecule has 2 saturated heterocycles. The van der Waals surface area contributed by atoms with Crippen molar-refractivity contribution in [2.75, 3.05) is 19.6 Å². The van der Waals surface area contributed by atoms with Gasteiger partial charge in [0.15, 0.2) is 5.60 Å². The molecule has 0 saturated carbocycles. The van der Waals surface area contributed by atoms with Crippen LogP contribution in [0.25, 0.3) is 0 Å². The molecule has 1 amide bonds. The van der Waals surface area contributed by atoms with Crippen molar-refractivity contribution in [3.8, 4) is 0 Å². The lowest BCUT2D eigenvalue weighted by molar-refractivity contribution is -0.297.